The number of amides is 1. The van der Waals surface area contributed by atoms with Crippen molar-refractivity contribution in [3.63, 3.8) is 0 Å². The number of hydrogen-bond donors (Lipinski definition) is 1. The Balaban J connectivity index is 1.71. The van der Waals surface area contributed by atoms with Crippen LogP contribution in [-0.4, -0.2) is 28.9 Å². The highest BCUT2D eigenvalue weighted by molar-refractivity contribution is 7.22. The van der Waals surface area contributed by atoms with Gasteiger partial charge in [-0.25, -0.2) is 4.98 Å². The average molecular weight is 471 g/mol. The number of anilines is 1. The zero-order valence-corrected chi connectivity index (χ0v) is 19.7. The third-order valence-electron chi connectivity index (χ3n) is 5.95. The van der Waals surface area contributed by atoms with Crippen molar-refractivity contribution in [2.75, 3.05) is 12.0 Å². The predicted octanol–water partition coefficient (Wildman–Crippen LogP) is 5.55. The number of carbonyl (C=O) groups excluding carboxylic acids is 2. The van der Waals surface area contributed by atoms with E-state index in [0.717, 1.165) is 21.3 Å². The average Bonchev–Trinajstić information content (AvgIpc) is 3.38. The molecule has 1 aliphatic heterocycles. The summed E-state index contributed by atoms with van der Waals surface area (Å²) in [4.78, 5) is 32.8. The van der Waals surface area contributed by atoms with E-state index in [-0.39, 0.29) is 11.3 Å². The zero-order chi connectivity index (χ0) is 24.0. The molecule has 1 fully saturated rings. The molecule has 170 valence electrons. The molecule has 7 heteroatoms. The molecule has 0 bridgehead atoms. The van der Waals surface area contributed by atoms with Gasteiger partial charge >= 0.3 is 5.91 Å². The molecule has 0 unspecified atom stereocenters. The van der Waals surface area contributed by atoms with Crippen molar-refractivity contribution < 1.29 is 19.4 Å². The Morgan fingerprint density at radius 1 is 1.03 bits per heavy atom. The Kier molecular flexibility index (Phi) is 5.42. The minimum atomic E-state index is -0.801. The lowest BCUT2D eigenvalue weighted by Crippen LogP contribution is -2.29. The smallest absolute Gasteiger partial charge is 0.301 e. The second kappa shape index (κ2) is 8.43. The fraction of sp³-hybridized carbons (Fsp3) is 0.148. The van der Waals surface area contributed by atoms with Crippen LogP contribution in [0.1, 0.15) is 28.3 Å². The Labute approximate surface area is 200 Å². The second-order valence-electron chi connectivity index (χ2n) is 8.23. The van der Waals surface area contributed by atoms with Gasteiger partial charge in [-0.2, -0.15) is 0 Å². The first-order valence-corrected chi connectivity index (χ1v) is 11.6. The Hall–Kier alpha value is -3.97. The highest BCUT2D eigenvalue weighted by Gasteiger charge is 2.48. The molecule has 4 aromatic rings. The van der Waals surface area contributed by atoms with Crippen molar-refractivity contribution in [3.8, 4) is 5.75 Å². The van der Waals surface area contributed by atoms with Crippen LogP contribution in [0.25, 0.3) is 16.0 Å². The van der Waals surface area contributed by atoms with Crippen molar-refractivity contribution >= 4 is 44.1 Å². The Bertz CT molecular complexity index is 1460. The lowest BCUT2D eigenvalue weighted by atomic mass is 9.95. The molecular weight excluding hydrogens is 448 g/mol. The highest BCUT2D eigenvalue weighted by atomic mass is 32.1. The number of thiazole rings is 1. The quantitative estimate of drug-likeness (QED) is 0.240. The summed E-state index contributed by atoms with van der Waals surface area (Å²) in [6.45, 7) is 3.99. The Morgan fingerprint density at radius 2 is 1.74 bits per heavy atom. The summed E-state index contributed by atoms with van der Waals surface area (Å²) >= 11 is 1.36. The van der Waals surface area contributed by atoms with Gasteiger partial charge in [0.25, 0.3) is 5.78 Å². The van der Waals surface area contributed by atoms with Gasteiger partial charge in [0.2, 0.25) is 0 Å². The number of aryl methyl sites for hydroxylation is 2. The standard InChI is InChI=1S/C27H22N2O4S/c1-15-13-16(2)22-20(14-15)34-27(28-22)29-23(17-7-5-4-6-8-17)21(25(31)26(29)32)24(30)18-9-11-19(33-3)12-10-18/h4-14,23,30H,1-3H3/t23-/m0/s1. The molecule has 3 aromatic carbocycles. The zero-order valence-electron chi connectivity index (χ0n) is 18.9. The molecule has 0 radical (unpaired) electrons. The molecule has 2 heterocycles. The van der Waals surface area contributed by atoms with Gasteiger partial charge in [-0.05, 0) is 60.9 Å². The van der Waals surface area contributed by atoms with Gasteiger partial charge < -0.3 is 9.84 Å². The molecule has 0 spiro atoms. The van der Waals surface area contributed by atoms with Crippen LogP contribution in [0.15, 0.2) is 72.3 Å². The van der Waals surface area contributed by atoms with Crippen LogP contribution in [0.5, 0.6) is 5.75 Å². The summed E-state index contributed by atoms with van der Waals surface area (Å²) in [6.07, 6.45) is 0. The van der Waals surface area contributed by atoms with Gasteiger partial charge in [-0.1, -0.05) is 47.7 Å². The van der Waals surface area contributed by atoms with Crippen LogP contribution >= 0.6 is 11.3 Å². The monoisotopic (exact) mass is 470 g/mol. The lowest BCUT2D eigenvalue weighted by molar-refractivity contribution is -0.132. The number of Topliss-reactive ketones (excluding diaryl/α,β-unsaturated/α-hetero) is 1. The van der Waals surface area contributed by atoms with Crippen molar-refractivity contribution in [2.24, 2.45) is 0 Å². The van der Waals surface area contributed by atoms with Gasteiger partial charge in [0.1, 0.15) is 11.5 Å². The maximum atomic E-state index is 13.3. The number of methoxy groups -OCH3 is 1. The van der Waals surface area contributed by atoms with E-state index in [0.29, 0.717) is 22.0 Å². The first kappa shape index (κ1) is 21.9. The summed E-state index contributed by atoms with van der Waals surface area (Å²) in [6, 6.07) is 19.2. The van der Waals surface area contributed by atoms with Crippen LogP contribution in [0.2, 0.25) is 0 Å². The molecule has 1 amide bonds. The largest absolute Gasteiger partial charge is 0.507 e. The molecule has 1 aliphatic rings. The van der Waals surface area contributed by atoms with E-state index in [4.69, 9.17) is 9.72 Å². The van der Waals surface area contributed by atoms with E-state index in [1.807, 2.05) is 56.3 Å². The van der Waals surface area contributed by atoms with Gasteiger partial charge in [-0.15, -0.1) is 0 Å². The minimum absolute atomic E-state index is 0.0357. The maximum Gasteiger partial charge on any atom is 0.301 e. The molecule has 6 nitrogen and oxygen atoms in total. The van der Waals surface area contributed by atoms with E-state index >= 15 is 0 Å². The van der Waals surface area contributed by atoms with Gasteiger partial charge in [0, 0.05) is 5.56 Å². The SMILES string of the molecule is COc1ccc(C(O)=C2C(=O)C(=O)N(c3nc4c(C)cc(C)cc4s3)[C@H]2c2ccccc2)cc1. The number of ether oxygens (including phenoxy) is 1. The third-order valence-corrected chi connectivity index (χ3v) is 6.95. The molecule has 34 heavy (non-hydrogen) atoms. The van der Waals surface area contributed by atoms with Crippen LogP contribution in [0, 0.1) is 13.8 Å². The van der Waals surface area contributed by atoms with E-state index in [1.165, 1.54) is 16.2 Å². The molecule has 1 aromatic heterocycles. The fourth-order valence-electron chi connectivity index (χ4n) is 4.35. The number of hydrogen-bond acceptors (Lipinski definition) is 6. The predicted molar refractivity (Wildman–Crippen MR) is 133 cm³/mol. The van der Waals surface area contributed by atoms with Crippen LogP contribution in [0.3, 0.4) is 0 Å². The number of benzene rings is 3. The third kappa shape index (κ3) is 3.54. The molecule has 1 N–H and O–H groups in total. The van der Waals surface area contributed by atoms with Gasteiger partial charge in [0.05, 0.1) is 28.9 Å². The van der Waals surface area contributed by atoms with E-state index in [1.54, 1.807) is 31.4 Å². The van der Waals surface area contributed by atoms with E-state index in [2.05, 4.69) is 0 Å². The van der Waals surface area contributed by atoms with Crippen molar-refractivity contribution in [3.05, 3.63) is 94.6 Å². The van der Waals surface area contributed by atoms with Crippen molar-refractivity contribution in [1.82, 2.24) is 4.98 Å². The number of nitrogens with zero attached hydrogens (tertiary/aromatic N) is 2. The molecule has 0 saturated carbocycles. The summed E-state index contributed by atoms with van der Waals surface area (Å²) in [5.41, 5.74) is 4.08. The van der Waals surface area contributed by atoms with Gasteiger partial charge in [-0.3, -0.25) is 14.5 Å². The number of aliphatic hydroxyl groups excluding tert-OH is 1. The number of aliphatic hydroxyl groups is 1. The first-order valence-electron chi connectivity index (χ1n) is 10.8. The molecule has 1 saturated heterocycles. The molecule has 1 atom stereocenters. The summed E-state index contributed by atoms with van der Waals surface area (Å²) in [5.74, 6) is -1.06. The number of aromatic nitrogens is 1. The first-order chi connectivity index (χ1) is 16.4. The van der Waals surface area contributed by atoms with Crippen LogP contribution in [0.4, 0.5) is 5.13 Å². The van der Waals surface area contributed by atoms with Gasteiger partial charge in [0.15, 0.2) is 5.13 Å². The molecule has 5 rings (SSSR count). The van der Waals surface area contributed by atoms with Crippen molar-refractivity contribution in [2.45, 2.75) is 19.9 Å². The molecular formula is C27H22N2O4S. The lowest BCUT2D eigenvalue weighted by Gasteiger charge is -2.22. The number of ketones is 1. The molecule has 0 aliphatic carbocycles. The Morgan fingerprint density at radius 3 is 2.41 bits per heavy atom. The topological polar surface area (TPSA) is 79.7 Å². The summed E-state index contributed by atoms with van der Waals surface area (Å²) in [5, 5.41) is 11.6. The van der Waals surface area contributed by atoms with E-state index in [9.17, 15) is 14.7 Å². The second-order valence-corrected chi connectivity index (χ2v) is 9.24. The summed E-state index contributed by atoms with van der Waals surface area (Å²) in [7, 11) is 1.55. The summed E-state index contributed by atoms with van der Waals surface area (Å²) < 4.78 is 6.13. The maximum absolute atomic E-state index is 13.3. The van der Waals surface area contributed by atoms with Crippen LogP contribution < -0.4 is 9.64 Å². The number of rotatable bonds is 4. The van der Waals surface area contributed by atoms with Crippen LogP contribution in [-0.2, 0) is 9.59 Å². The fourth-order valence-corrected chi connectivity index (χ4v) is 5.52. The minimum Gasteiger partial charge on any atom is -0.507 e. The number of fused-ring (bicyclic) bond motifs is 1. The van der Waals surface area contributed by atoms with E-state index < -0.39 is 17.7 Å². The normalized spacial score (nSPS) is 17.5. The van der Waals surface area contributed by atoms with Crippen molar-refractivity contribution in [1.29, 1.82) is 0 Å². The highest BCUT2D eigenvalue weighted by Crippen LogP contribution is 2.44. The number of carbonyl (C=O) groups is 2.